The zero-order chi connectivity index (χ0) is 17.6. The molecule has 0 aliphatic carbocycles. The van der Waals surface area contributed by atoms with Crippen LogP contribution in [0, 0.1) is 0 Å². The summed E-state index contributed by atoms with van der Waals surface area (Å²) in [7, 11) is 1.27. The van der Waals surface area contributed by atoms with Crippen molar-refractivity contribution in [1.82, 2.24) is 0 Å². The summed E-state index contributed by atoms with van der Waals surface area (Å²) in [6, 6.07) is 9.43. The molecular weight excluding hydrogens is 379 g/mol. The van der Waals surface area contributed by atoms with Gasteiger partial charge in [0.05, 0.1) is 26.1 Å². The third-order valence-electron chi connectivity index (χ3n) is 3.29. The largest absolute Gasteiger partial charge is 0.493 e. The topological polar surface area (TPSA) is 54.0 Å². The van der Waals surface area contributed by atoms with E-state index in [9.17, 15) is 4.79 Å². The minimum absolute atomic E-state index is 0.112. The fourth-order valence-electron chi connectivity index (χ4n) is 2.16. The summed E-state index contributed by atoms with van der Waals surface area (Å²) in [4.78, 5) is 11.1. The van der Waals surface area contributed by atoms with Crippen molar-refractivity contribution in [1.29, 1.82) is 0 Å². The minimum Gasteiger partial charge on any atom is -0.493 e. The average Bonchev–Trinajstić information content (AvgIpc) is 2.55. The van der Waals surface area contributed by atoms with E-state index in [1.54, 1.807) is 0 Å². The Morgan fingerprint density at radius 1 is 1.33 bits per heavy atom. The molecule has 1 aliphatic rings. The Hall–Kier alpha value is -0.980. The standard InChI is InChI=1S/C16H17Cl3O5/c1-21-14(20)7-8-22-13-10-23-15(11-5-3-2-4-6-11)24-12(13)9-16(17,18)19/h2-8,12-13,15H,9-10H2,1H3/b8-7+/t12-,13-,15+/m1/s1. The van der Waals surface area contributed by atoms with Crippen LogP contribution in [0.15, 0.2) is 42.7 Å². The van der Waals surface area contributed by atoms with E-state index in [0.717, 1.165) is 11.6 Å². The number of benzene rings is 1. The van der Waals surface area contributed by atoms with Crippen LogP contribution >= 0.6 is 34.8 Å². The number of hydrogen-bond acceptors (Lipinski definition) is 5. The van der Waals surface area contributed by atoms with Crippen molar-refractivity contribution < 1.29 is 23.7 Å². The van der Waals surface area contributed by atoms with Crippen LogP contribution in [0.3, 0.4) is 0 Å². The molecule has 24 heavy (non-hydrogen) atoms. The molecule has 0 spiro atoms. The first-order valence-corrected chi connectivity index (χ1v) is 8.31. The van der Waals surface area contributed by atoms with Crippen LogP contribution < -0.4 is 0 Å². The van der Waals surface area contributed by atoms with Gasteiger partial charge in [-0.15, -0.1) is 0 Å². The molecule has 1 aromatic carbocycles. The highest BCUT2D eigenvalue weighted by Gasteiger charge is 2.38. The first-order chi connectivity index (χ1) is 11.4. The van der Waals surface area contributed by atoms with Crippen molar-refractivity contribution in [2.24, 2.45) is 0 Å². The van der Waals surface area contributed by atoms with Crippen molar-refractivity contribution in [2.75, 3.05) is 13.7 Å². The van der Waals surface area contributed by atoms with E-state index >= 15 is 0 Å². The smallest absolute Gasteiger partial charge is 0.333 e. The Kier molecular flexibility index (Phi) is 7.19. The summed E-state index contributed by atoms with van der Waals surface area (Å²) < 4.78 is 20.1. The van der Waals surface area contributed by atoms with Crippen LogP contribution in [0.2, 0.25) is 0 Å². The summed E-state index contributed by atoms with van der Waals surface area (Å²) in [5.74, 6) is -0.535. The maximum atomic E-state index is 11.1. The molecule has 0 radical (unpaired) electrons. The molecule has 5 nitrogen and oxygen atoms in total. The van der Waals surface area contributed by atoms with Gasteiger partial charge in [0.25, 0.3) is 0 Å². The van der Waals surface area contributed by atoms with Crippen molar-refractivity contribution in [3.63, 3.8) is 0 Å². The number of carbonyl (C=O) groups excluding carboxylic acids is 1. The van der Waals surface area contributed by atoms with Crippen molar-refractivity contribution >= 4 is 40.8 Å². The van der Waals surface area contributed by atoms with Gasteiger partial charge < -0.3 is 18.9 Å². The quantitative estimate of drug-likeness (QED) is 0.327. The molecule has 1 saturated heterocycles. The zero-order valence-electron chi connectivity index (χ0n) is 12.9. The van der Waals surface area contributed by atoms with E-state index in [2.05, 4.69) is 4.74 Å². The highest BCUT2D eigenvalue weighted by Crippen LogP contribution is 2.37. The number of carbonyl (C=O) groups is 1. The van der Waals surface area contributed by atoms with Gasteiger partial charge in [0.1, 0.15) is 12.2 Å². The molecule has 1 aromatic rings. The summed E-state index contributed by atoms with van der Waals surface area (Å²) >= 11 is 17.7. The minimum atomic E-state index is -1.50. The molecule has 0 unspecified atom stereocenters. The van der Waals surface area contributed by atoms with E-state index in [1.807, 2.05) is 30.3 Å². The van der Waals surface area contributed by atoms with Crippen LogP contribution in [0.5, 0.6) is 0 Å². The third-order valence-corrected chi connectivity index (χ3v) is 3.75. The first-order valence-electron chi connectivity index (χ1n) is 7.18. The lowest BCUT2D eigenvalue weighted by Gasteiger charge is -2.37. The Morgan fingerprint density at radius 3 is 2.67 bits per heavy atom. The van der Waals surface area contributed by atoms with Crippen LogP contribution in [0.1, 0.15) is 18.3 Å². The molecule has 0 saturated carbocycles. The number of methoxy groups -OCH3 is 1. The highest BCUT2D eigenvalue weighted by atomic mass is 35.6. The Balaban J connectivity index is 2.05. The number of ether oxygens (including phenoxy) is 4. The lowest BCUT2D eigenvalue weighted by molar-refractivity contribution is -0.258. The maximum Gasteiger partial charge on any atom is 0.333 e. The number of alkyl halides is 3. The SMILES string of the molecule is COC(=O)/C=C/O[C@@H]1CO[C@H](c2ccccc2)O[C@@H]1CC(Cl)(Cl)Cl. The van der Waals surface area contributed by atoms with Crippen molar-refractivity contribution in [3.05, 3.63) is 48.2 Å². The highest BCUT2D eigenvalue weighted by molar-refractivity contribution is 6.67. The Morgan fingerprint density at radius 2 is 2.04 bits per heavy atom. The van der Waals surface area contributed by atoms with Gasteiger partial charge in [0, 0.05) is 12.0 Å². The number of rotatable bonds is 5. The second-order valence-corrected chi connectivity index (χ2v) is 7.59. The van der Waals surface area contributed by atoms with Gasteiger partial charge in [-0.2, -0.15) is 0 Å². The van der Waals surface area contributed by atoms with Crippen LogP contribution in [0.4, 0.5) is 0 Å². The van der Waals surface area contributed by atoms with Crippen molar-refractivity contribution in [3.8, 4) is 0 Å². The van der Waals surface area contributed by atoms with Gasteiger partial charge in [-0.1, -0.05) is 65.1 Å². The number of halogens is 3. The van der Waals surface area contributed by atoms with Gasteiger partial charge in [0.15, 0.2) is 10.1 Å². The first kappa shape index (κ1) is 19.3. The van der Waals surface area contributed by atoms with Gasteiger partial charge in [0.2, 0.25) is 0 Å². The van der Waals surface area contributed by atoms with Crippen LogP contribution in [0.25, 0.3) is 0 Å². The van der Waals surface area contributed by atoms with Crippen LogP contribution in [-0.2, 0) is 23.7 Å². The molecule has 2 rings (SSSR count). The van der Waals surface area contributed by atoms with E-state index in [-0.39, 0.29) is 13.0 Å². The van der Waals surface area contributed by atoms with Gasteiger partial charge in [-0.25, -0.2) is 4.79 Å². The molecule has 0 N–H and O–H groups in total. The summed E-state index contributed by atoms with van der Waals surface area (Å²) in [5, 5.41) is 0. The van der Waals surface area contributed by atoms with Gasteiger partial charge in [-0.05, 0) is 0 Å². The zero-order valence-corrected chi connectivity index (χ0v) is 15.1. The second-order valence-electron chi connectivity index (χ2n) is 5.07. The summed E-state index contributed by atoms with van der Waals surface area (Å²) in [6.07, 6.45) is 0.849. The maximum absolute atomic E-state index is 11.1. The summed E-state index contributed by atoms with van der Waals surface area (Å²) in [6.45, 7) is 0.219. The van der Waals surface area contributed by atoms with E-state index in [1.165, 1.54) is 13.4 Å². The molecule has 8 heteroatoms. The van der Waals surface area contributed by atoms with E-state index in [0.29, 0.717) is 0 Å². The van der Waals surface area contributed by atoms with E-state index < -0.39 is 28.3 Å². The molecule has 3 atom stereocenters. The molecule has 0 aromatic heterocycles. The normalized spacial score (nSPS) is 24.8. The molecular formula is C16H17Cl3O5. The predicted octanol–water partition coefficient (Wildman–Crippen LogP) is 3.93. The second kappa shape index (κ2) is 8.92. The summed E-state index contributed by atoms with van der Waals surface area (Å²) in [5.41, 5.74) is 0.857. The third kappa shape index (κ3) is 6.15. The molecule has 132 valence electrons. The lowest BCUT2D eigenvalue weighted by Crippen LogP contribution is -2.43. The molecule has 0 bridgehead atoms. The Labute approximate surface area is 155 Å². The Bertz CT molecular complexity index is 559. The molecule has 0 amide bonds. The molecule has 1 aliphatic heterocycles. The number of hydrogen-bond donors (Lipinski definition) is 0. The monoisotopic (exact) mass is 394 g/mol. The predicted molar refractivity (Wildman–Crippen MR) is 90.9 cm³/mol. The average molecular weight is 396 g/mol. The van der Waals surface area contributed by atoms with Gasteiger partial charge >= 0.3 is 5.97 Å². The number of esters is 1. The fourth-order valence-corrected chi connectivity index (χ4v) is 2.61. The van der Waals surface area contributed by atoms with E-state index in [4.69, 9.17) is 49.0 Å². The van der Waals surface area contributed by atoms with Gasteiger partial charge in [-0.3, -0.25) is 0 Å². The molecule has 1 fully saturated rings. The van der Waals surface area contributed by atoms with Crippen molar-refractivity contribution in [2.45, 2.75) is 28.7 Å². The fraction of sp³-hybridized carbons (Fsp3) is 0.438. The lowest BCUT2D eigenvalue weighted by atomic mass is 10.1. The molecule has 1 heterocycles. The van der Waals surface area contributed by atoms with Crippen LogP contribution in [-0.4, -0.2) is 35.7 Å².